The fourth-order valence-corrected chi connectivity index (χ4v) is 9.71. The first-order valence-corrected chi connectivity index (χ1v) is 23.8. The molecule has 5 aromatic rings. The van der Waals surface area contributed by atoms with Gasteiger partial charge < -0.3 is 14.5 Å². The lowest BCUT2D eigenvalue weighted by atomic mass is 9.72. The van der Waals surface area contributed by atoms with Gasteiger partial charge in [0.25, 0.3) is 0 Å². The number of allylic oxidation sites excluding steroid dienone is 11. The van der Waals surface area contributed by atoms with Gasteiger partial charge in [-0.2, -0.15) is 0 Å². The monoisotopic (exact) mass is 857 g/mol. The molecular weight excluding hydrogens is 789 g/mol. The quantitative estimate of drug-likeness (QED) is 0.110. The summed E-state index contributed by atoms with van der Waals surface area (Å²) in [5, 5.41) is 0. The van der Waals surface area contributed by atoms with E-state index in [-0.39, 0.29) is 17.1 Å². The van der Waals surface area contributed by atoms with E-state index in [1.54, 1.807) is 0 Å². The second-order valence-corrected chi connectivity index (χ2v) is 20.5. The zero-order valence-corrected chi connectivity index (χ0v) is 40.0. The zero-order valence-electron chi connectivity index (χ0n) is 40.0. The molecule has 0 bridgehead atoms. The smallest absolute Gasteiger partial charge is 0.120 e. The summed E-state index contributed by atoms with van der Waals surface area (Å²) < 4.78 is 6.23. The Morgan fingerprint density at radius 1 is 0.785 bits per heavy atom. The van der Waals surface area contributed by atoms with Crippen molar-refractivity contribution in [3.8, 4) is 16.9 Å². The van der Waals surface area contributed by atoms with Crippen molar-refractivity contribution in [2.75, 3.05) is 9.80 Å². The first-order valence-electron chi connectivity index (χ1n) is 23.8. The van der Waals surface area contributed by atoms with Crippen LogP contribution in [0.3, 0.4) is 0 Å². The molecule has 0 saturated carbocycles. The van der Waals surface area contributed by atoms with Crippen LogP contribution in [-0.4, -0.2) is 11.6 Å². The minimum atomic E-state index is -0.271. The molecule has 2 atom stereocenters. The van der Waals surface area contributed by atoms with Gasteiger partial charge in [0.15, 0.2) is 0 Å². The van der Waals surface area contributed by atoms with Crippen LogP contribution in [0.15, 0.2) is 194 Å². The van der Waals surface area contributed by atoms with E-state index in [2.05, 4.69) is 242 Å². The summed E-state index contributed by atoms with van der Waals surface area (Å²) in [5.41, 5.74) is 16.2. The fourth-order valence-electron chi connectivity index (χ4n) is 9.71. The van der Waals surface area contributed by atoms with Crippen molar-refractivity contribution < 1.29 is 4.74 Å². The van der Waals surface area contributed by atoms with Gasteiger partial charge >= 0.3 is 0 Å². The van der Waals surface area contributed by atoms with Gasteiger partial charge in [0, 0.05) is 34.9 Å². The van der Waals surface area contributed by atoms with Gasteiger partial charge in [0.05, 0.1) is 6.04 Å². The molecule has 1 aliphatic heterocycles. The Bertz CT molecular complexity index is 2640. The molecular formula is C62H68N2O. The summed E-state index contributed by atoms with van der Waals surface area (Å²) in [6, 6.07) is 45.0. The predicted octanol–water partition coefficient (Wildman–Crippen LogP) is 17.0. The van der Waals surface area contributed by atoms with Crippen molar-refractivity contribution in [2.24, 2.45) is 11.3 Å². The van der Waals surface area contributed by atoms with Crippen molar-refractivity contribution in [2.45, 2.75) is 105 Å². The molecule has 2 unspecified atom stereocenters. The Kier molecular flexibility index (Phi) is 13.5. The van der Waals surface area contributed by atoms with E-state index in [0.29, 0.717) is 11.8 Å². The number of benzene rings is 5. The number of anilines is 3. The van der Waals surface area contributed by atoms with Gasteiger partial charge in [0.2, 0.25) is 0 Å². The third-order valence-electron chi connectivity index (χ3n) is 12.9. The molecule has 0 N–H and O–H groups in total. The Hall–Kier alpha value is -6.32. The summed E-state index contributed by atoms with van der Waals surface area (Å²) >= 11 is 0. The van der Waals surface area contributed by atoms with Crippen LogP contribution < -0.4 is 14.5 Å². The maximum absolute atomic E-state index is 6.23. The zero-order chi connectivity index (χ0) is 45.7. The van der Waals surface area contributed by atoms with E-state index in [1.165, 1.54) is 68.1 Å². The van der Waals surface area contributed by atoms with Gasteiger partial charge in [-0.3, -0.25) is 0 Å². The van der Waals surface area contributed by atoms with Crippen LogP contribution in [0.25, 0.3) is 22.3 Å². The highest BCUT2D eigenvalue weighted by Crippen LogP contribution is 2.44. The van der Waals surface area contributed by atoms with Crippen LogP contribution in [0.2, 0.25) is 0 Å². The molecule has 0 amide bonds. The normalized spacial score (nSPS) is 17.5. The molecule has 0 saturated heterocycles. The van der Waals surface area contributed by atoms with Gasteiger partial charge in [-0.25, -0.2) is 0 Å². The third-order valence-corrected chi connectivity index (χ3v) is 12.9. The van der Waals surface area contributed by atoms with E-state index < -0.39 is 0 Å². The van der Waals surface area contributed by atoms with E-state index in [9.17, 15) is 0 Å². The Morgan fingerprint density at radius 3 is 2.12 bits per heavy atom. The van der Waals surface area contributed by atoms with Gasteiger partial charge in [0.1, 0.15) is 11.4 Å². The van der Waals surface area contributed by atoms with Crippen molar-refractivity contribution in [1.29, 1.82) is 0 Å². The minimum Gasteiger partial charge on any atom is -0.488 e. The predicted molar refractivity (Wildman–Crippen MR) is 280 cm³/mol. The van der Waals surface area contributed by atoms with Crippen LogP contribution >= 0.6 is 0 Å². The van der Waals surface area contributed by atoms with E-state index in [4.69, 9.17) is 4.74 Å². The summed E-state index contributed by atoms with van der Waals surface area (Å²) in [7, 11) is 0. The molecule has 332 valence electrons. The second kappa shape index (κ2) is 19.4. The highest BCUT2D eigenvalue weighted by molar-refractivity contribution is 5.82. The summed E-state index contributed by atoms with van der Waals surface area (Å²) in [6.45, 7) is 22.3. The molecule has 1 heterocycles. The molecule has 65 heavy (non-hydrogen) atoms. The van der Waals surface area contributed by atoms with Crippen LogP contribution in [0.1, 0.15) is 109 Å². The second-order valence-electron chi connectivity index (χ2n) is 20.5. The van der Waals surface area contributed by atoms with Crippen LogP contribution in [0.5, 0.6) is 5.75 Å². The number of rotatable bonds is 13. The lowest BCUT2D eigenvalue weighted by molar-refractivity contribution is 0.131. The van der Waals surface area contributed by atoms with Crippen LogP contribution in [0.4, 0.5) is 17.1 Å². The molecule has 0 radical (unpaired) electrons. The highest BCUT2D eigenvalue weighted by Gasteiger charge is 2.29. The van der Waals surface area contributed by atoms with Gasteiger partial charge in [-0.05, 0) is 169 Å². The van der Waals surface area contributed by atoms with Crippen LogP contribution in [-0.2, 0) is 6.42 Å². The molecule has 3 aliphatic rings. The molecule has 5 aromatic carbocycles. The maximum Gasteiger partial charge on any atom is 0.120 e. The molecule has 0 fully saturated rings. The SMILES string of the molecule is C=C/C(=C\C=C1/Cc2cc(-c3ccc(N(C4=CC=C(c5ccccc5)CC4)C4C=CC=CC4)cc3)ccc2N1c1ccc(OC(C)(C)C)cc1)c1ccc(C(CC(C)C)C(C)(C)C)cc1. The lowest BCUT2D eigenvalue weighted by Crippen LogP contribution is -2.34. The van der Waals surface area contributed by atoms with Crippen LogP contribution in [0, 0.1) is 11.3 Å². The maximum atomic E-state index is 6.23. The Labute approximate surface area is 390 Å². The van der Waals surface area contributed by atoms with E-state index >= 15 is 0 Å². The number of hydrogen-bond acceptors (Lipinski definition) is 3. The van der Waals surface area contributed by atoms with Gasteiger partial charge in [-0.15, -0.1) is 0 Å². The van der Waals surface area contributed by atoms with E-state index in [1.807, 2.05) is 6.08 Å². The number of ether oxygens (including phenoxy) is 1. The first kappa shape index (κ1) is 45.3. The molecule has 0 spiro atoms. The Balaban J connectivity index is 1.09. The molecule has 8 rings (SSSR count). The first-order chi connectivity index (χ1) is 31.2. The highest BCUT2D eigenvalue weighted by atomic mass is 16.5. The standard InChI is InChI=1S/C62H68N2O/c1-10-45(47-21-23-50(24-22-47)59(41-44(2)3)61(4,5)6)25-35-57-43-52-42-51(30-40-60(52)64(57)56-36-38-58(39-37-56)65-62(7,8)9)49-28-33-55(34-29-49)63(53-19-15-12-16-20-53)54-31-26-48(27-32-54)46-17-13-11-14-18-46/h10-19,21-26,28-31,33-40,42,44,53,59H,1,20,27,32,41,43H2,2-9H3/b45-25+,57-35+. The fraction of sp³-hybridized carbons (Fsp3) is 0.290. The Morgan fingerprint density at radius 2 is 1.51 bits per heavy atom. The largest absolute Gasteiger partial charge is 0.488 e. The summed E-state index contributed by atoms with van der Waals surface area (Å²) in [6.07, 6.45) is 25.2. The number of nitrogens with zero attached hydrogens (tertiary/aromatic N) is 2. The summed E-state index contributed by atoms with van der Waals surface area (Å²) in [4.78, 5) is 4.95. The summed E-state index contributed by atoms with van der Waals surface area (Å²) in [5.74, 6) is 2.01. The molecule has 3 heteroatoms. The van der Waals surface area contributed by atoms with Gasteiger partial charge in [-0.1, -0.05) is 157 Å². The third kappa shape index (κ3) is 10.8. The average Bonchev–Trinajstić information content (AvgIpc) is 3.67. The topological polar surface area (TPSA) is 15.7 Å². The average molecular weight is 857 g/mol. The minimum absolute atomic E-state index is 0.193. The molecule has 0 aromatic heterocycles. The van der Waals surface area contributed by atoms with Crippen molar-refractivity contribution >= 4 is 28.2 Å². The number of hydrogen-bond donors (Lipinski definition) is 0. The van der Waals surface area contributed by atoms with E-state index in [0.717, 1.165) is 42.7 Å². The molecule has 3 nitrogen and oxygen atoms in total. The molecule has 2 aliphatic carbocycles. The number of fused-ring (bicyclic) bond motifs is 1. The lowest BCUT2D eigenvalue weighted by Gasteiger charge is -2.36. The van der Waals surface area contributed by atoms with Crippen molar-refractivity contribution in [3.63, 3.8) is 0 Å². The van der Waals surface area contributed by atoms with Crippen molar-refractivity contribution in [3.05, 3.63) is 216 Å². The van der Waals surface area contributed by atoms with Crippen molar-refractivity contribution in [1.82, 2.24) is 0 Å².